The molecule has 5 nitrogen and oxygen atoms in total. The first-order chi connectivity index (χ1) is 7.69. The van der Waals surface area contributed by atoms with E-state index < -0.39 is 4.92 Å². The number of allylic oxidation sites excluding steroid dienone is 1. The van der Waals surface area contributed by atoms with E-state index in [9.17, 15) is 14.9 Å². The summed E-state index contributed by atoms with van der Waals surface area (Å²) in [6.45, 7) is 2.26. The summed E-state index contributed by atoms with van der Waals surface area (Å²) >= 11 is 0. The molecule has 0 unspecified atom stereocenters. The van der Waals surface area contributed by atoms with Crippen molar-refractivity contribution in [3.8, 4) is 0 Å². The Balaban J connectivity index is 2.95. The Hall–Kier alpha value is -2.17. The monoisotopic (exact) mass is 221 g/mol. The van der Waals surface area contributed by atoms with Crippen molar-refractivity contribution in [2.45, 2.75) is 6.92 Å². The number of non-ortho nitro benzene ring substituents is 1. The zero-order valence-electron chi connectivity index (χ0n) is 8.75. The predicted octanol–water partition coefficient (Wildman–Crippen LogP) is 2.17. The molecule has 0 bridgehead atoms. The van der Waals surface area contributed by atoms with Gasteiger partial charge < -0.3 is 4.74 Å². The Morgan fingerprint density at radius 2 is 2.06 bits per heavy atom. The molecule has 1 rings (SSSR count). The van der Waals surface area contributed by atoms with Crippen LogP contribution in [0.4, 0.5) is 5.69 Å². The summed E-state index contributed by atoms with van der Waals surface area (Å²) in [5.74, 6) is 0. The Kier molecular flexibility index (Phi) is 4.20. The van der Waals surface area contributed by atoms with E-state index in [2.05, 4.69) is 0 Å². The van der Waals surface area contributed by atoms with Gasteiger partial charge in [0, 0.05) is 12.1 Å². The summed E-state index contributed by atoms with van der Waals surface area (Å²) in [6, 6.07) is 5.71. The van der Waals surface area contributed by atoms with E-state index in [1.54, 1.807) is 6.92 Å². The molecule has 0 aromatic heterocycles. The Bertz CT molecular complexity index is 408. The number of ether oxygens (including phenoxy) is 1. The molecule has 1 aromatic carbocycles. The molecular formula is C11H11NO4. The summed E-state index contributed by atoms with van der Waals surface area (Å²) in [7, 11) is 0. The van der Waals surface area contributed by atoms with E-state index >= 15 is 0 Å². The number of hydrogen-bond acceptors (Lipinski definition) is 4. The molecule has 0 atom stereocenters. The highest BCUT2D eigenvalue weighted by Crippen LogP contribution is 2.17. The van der Waals surface area contributed by atoms with Gasteiger partial charge in [0.05, 0.1) is 23.4 Å². The van der Waals surface area contributed by atoms with Gasteiger partial charge in [-0.15, -0.1) is 0 Å². The van der Waals surface area contributed by atoms with E-state index in [1.165, 1.54) is 30.5 Å². The van der Waals surface area contributed by atoms with Gasteiger partial charge in [0.15, 0.2) is 6.29 Å². The fourth-order valence-electron chi connectivity index (χ4n) is 1.11. The average Bonchev–Trinajstić information content (AvgIpc) is 2.30. The standard InChI is InChI=1S/C11H11NO4/c1-2-16-8-10(7-13)9-3-5-11(6-4-9)12(14)15/h3-8H,2H2,1H3. The van der Waals surface area contributed by atoms with Gasteiger partial charge in [-0.05, 0) is 24.6 Å². The zero-order valence-corrected chi connectivity index (χ0v) is 8.75. The van der Waals surface area contributed by atoms with E-state index in [-0.39, 0.29) is 5.69 Å². The molecule has 0 heterocycles. The summed E-state index contributed by atoms with van der Waals surface area (Å²) in [5, 5.41) is 10.4. The van der Waals surface area contributed by atoms with Crippen LogP contribution < -0.4 is 0 Å². The molecule has 1 aromatic rings. The quantitative estimate of drug-likeness (QED) is 0.251. The number of nitrogens with zero attached hydrogens (tertiary/aromatic N) is 1. The average molecular weight is 221 g/mol. The number of aldehydes is 1. The molecule has 5 heteroatoms. The molecule has 0 radical (unpaired) electrons. The van der Waals surface area contributed by atoms with Crippen LogP contribution >= 0.6 is 0 Å². The van der Waals surface area contributed by atoms with E-state index in [4.69, 9.17) is 4.74 Å². The molecule has 0 amide bonds. The van der Waals surface area contributed by atoms with Crippen LogP contribution in [0.5, 0.6) is 0 Å². The largest absolute Gasteiger partial charge is 0.501 e. The number of rotatable bonds is 5. The lowest BCUT2D eigenvalue weighted by atomic mass is 10.1. The van der Waals surface area contributed by atoms with Crippen molar-refractivity contribution in [1.82, 2.24) is 0 Å². The first-order valence-corrected chi connectivity index (χ1v) is 4.70. The van der Waals surface area contributed by atoms with Gasteiger partial charge in [0.1, 0.15) is 0 Å². The number of carbonyl (C=O) groups is 1. The van der Waals surface area contributed by atoms with Gasteiger partial charge in [0.2, 0.25) is 0 Å². The maximum Gasteiger partial charge on any atom is 0.269 e. The van der Waals surface area contributed by atoms with Crippen LogP contribution in [0.25, 0.3) is 5.57 Å². The minimum Gasteiger partial charge on any atom is -0.501 e. The molecule has 0 N–H and O–H groups in total. The first-order valence-electron chi connectivity index (χ1n) is 4.70. The number of hydrogen-bond donors (Lipinski definition) is 0. The third kappa shape index (κ3) is 2.91. The second kappa shape index (κ2) is 5.65. The Morgan fingerprint density at radius 3 is 2.50 bits per heavy atom. The van der Waals surface area contributed by atoms with Crippen molar-refractivity contribution in [3.63, 3.8) is 0 Å². The Morgan fingerprint density at radius 1 is 1.44 bits per heavy atom. The molecular weight excluding hydrogens is 210 g/mol. The molecule has 0 saturated heterocycles. The number of nitro groups is 1. The highest BCUT2D eigenvalue weighted by molar-refractivity contribution is 6.06. The topological polar surface area (TPSA) is 69.4 Å². The molecule has 84 valence electrons. The van der Waals surface area contributed by atoms with E-state index in [0.29, 0.717) is 24.0 Å². The number of benzene rings is 1. The fraction of sp³-hybridized carbons (Fsp3) is 0.182. The molecule has 0 spiro atoms. The summed E-state index contributed by atoms with van der Waals surface area (Å²) in [5.41, 5.74) is 0.941. The summed E-state index contributed by atoms with van der Waals surface area (Å²) in [6.07, 6.45) is 1.99. The highest BCUT2D eigenvalue weighted by Gasteiger charge is 2.06. The predicted molar refractivity (Wildman–Crippen MR) is 58.8 cm³/mol. The van der Waals surface area contributed by atoms with E-state index in [1.807, 2.05) is 0 Å². The minimum absolute atomic E-state index is 0.00888. The number of nitro benzene ring substituents is 1. The second-order valence-corrected chi connectivity index (χ2v) is 2.95. The summed E-state index contributed by atoms with van der Waals surface area (Å²) in [4.78, 5) is 20.7. The van der Waals surface area contributed by atoms with Crippen LogP contribution in [0, 0.1) is 10.1 Å². The molecule has 0 saturated carbocycles. The van der Waals surface area contributed by atoms with Crippen molar-refractivity contribution in [1.29, 1.82) is 0 Å². The van der Waals surface area contributed by atoms with Crippen LogP contribution in [0.2, 0.25) is 0 Å². The van der Waals surface area contributed by atoms with Gasteiger partial charge in [-0.3, -0.25) is 14.9 Å². The smallest absolute Gasteiger partial charge is 0.269 e. The van der Waals surface area contributed by atoms with Gasteiger partial charge in [-0.25, -0.2) is 0 Å². The fourth-order valence-corrected chi connectivity index (χ4v) is 1.11. The van der Waals surface area contributed by atoms with Crippen molar-refractivity contribution >= 4 is 17.5 Å². The van der Waals surface area contributed by atoms with Crippen molar-refractivity contribution in [2.75, 3.05) is 6.61 Å². The molecule has 0 aliphatic carbocycles. The van der Waals surface area contributed by atoms with E-state index in [0.717, 1.165) is 0 Å². The Labute approximate surface area is 92.5 Å². The number of carbonyl (C=O) groups excluding carboxylic acids is 1. The van der Waals surface area contributed by atoms with Gasteiger partial charge in [-0.2, -0.15) is 0 Å². The van der Waals surface area contributed by atoms with Crippen LogP contribution in [-0.2, 0) is 9.53 Å². The second-order valence-electron chi connectivity index (χ2n) is 2.95. The lowest BCUT2D eigenvalue weighted by Crippen LogP contribution is -1.91. The van der Waals surface area contributed by atoms with Crippen molar-refractivity contribution in [2.24, 2.45) is 0 Å². The maximum atomic E-state index is 10.7. The zero-order chi connectivity index (χ0) is 12.0. The summed E-state index contributed by atoms with van der Waals surface area (Å²) < 4.78 is 4.99. The van der Waals surface area contributed by atoms with Gasteiger partial charge >= 0.3 is 0 Å². The van der Waals surface area contributed by atoms with Gasteiger partial charge in [-0.1, -0.05) is 0 Å². The van der Waals surface area contributed by atoms with Gasteiger partial charge in [0.25, 0.3) is 5.69 Å². The highest BCUT2D eigenvalue weighted by atomic mass is 16.6. The normalized spacial score (nSPS) is 10.9. The van der Waals surface area contributed by atoms with Crippen LogP contribution in [0.15, 0.2) is 30.5 Å². The molecule has 0 aliphatic rings. The molecule has 0 aliphatic heterocycles. The third-order valence-electron chi connectivity index (χ3n) is 1.92. The van der Waals surface area contributed by atoms with Crippen LogP contribution in [0.1, 0.15) is 12.5 Å². The third-order valence-corrected chi connectivity index (χ3v) is 1.92. The molecule has 0 fully saturated rings. The lowest BCUT2D eigenvalue weighted by Gasteiger charge is -2.00. The van der Waals surface area contributed by atoms with Crippen molar-refractivity contribution < 1.29 is 14.5 Å². The minimum atomic E-state index is -0.489. The van der Waals surface area contributed by atoms with Crippen LogP contribution in [-0.4, -0.2) is 17.8 Å². The molecule has 16 heavy (non-hydrogen) atoms. The van der Waals surface area contributed by atoms with Crippen LogP contribution in [0.3, 0.4) is 0 Å². The SMILES string of the molecule is CCOC=C(C=O)c1ccc([N+](=O)[O-])cc1. The lowest BCUT2D eigenvalue weighted by molar-refractivity contribution is -0.384. The maximum absolute atomic E-state index is 10.7. The van der Waals surface area contributed by atoms with Crippen molar-refractivity contribution in [3.05, 3.63) is 46.2 Å². The first kappa shape index (κ1) is 11.9.